The molecular weight excluding hydrogens is 428 g/mol. The number of amidine groups is 1. The Bertz CT molecular complexity index is 1300. The van der Waals surface area contributed by atoms with Gasteiger partial charge in [0.15, 0.2) is 5.84 Å². The van der Waals surface area contributed by atoms with Crippen molar-refractivity contribution in [2.75, 3.05) is 25.2 Å². The summed E-state index contributed by atoms with van der Waals surface area (Å²) in [5.74, 6) is 0.209. The lowest BCUT2D eigenvalue weighted by Gasteiger charge is -2.25. The summed E-state index contributed by atoms with van der Waals surface area (Å²) in [5, 5.41) is 0. The van der Waals surface area contributed by atoms with Crippen LogP contribution < -0.4 is 9.64 Å². The van der Waals surface area contributed by atoms with Gasteiger partial charge >= 0.3 is 5.97 Å². The highest BCUT2D eigenvalue weighted by Crippen LogP contribution is 2.30. The van der Waals surface area contributed by atoms with Crippen molar-refractivity contribution >= 4 is 27.5 Å². The van der Waals surface area contributed by atoms with Gasteiger partial charge in [-0.25, -0.2) is 4.79 Å². The molecule has 7 nitrogen and oxygen atoms in total. The van der Waals surface area contributed by atoms with Crippen LogP contribution in [0.3, 0.4) is 0 Å². The minimum absolute atomic E-state index is 0.0199. The van der Waals surface area contributed by atoms with E-state index in [9.17, 15) is 13.2 Å². The second-order valence-electron chi connectivity index (χ2n) is 7.21. The molecular formula is C24H22N2O5S. The number of benzene rings is 3. The fourth-order valence-electron chi connectivity index (χ4n) is 3.56. The summed E-state index contributed by atoms with van der Waals surface area (Å²) >= 11 is 0. The van der Waals surface area contributed by atoms with Crippen LogP contribution in [-0.2, 0) is 14.8 Å². The van der Waals surface area contributed by atoms with Gasteiger partial charge in [0, 0.05) is 11.3 Å². The first-order valence-corrected chi connectivity index (χ1v) is 11.4. The van der Waals surface area contributed by atoms with Gasteiger partial charge in [-0.15, -0.1) is 4.40 Å². The molecule has 0 saturated carbocycles. The Labute approximate surface area is 187 Å². The molecule has 0 radical (unpaired) electrons. The van der Waals surface area contributed by atoms with E-state index in [1.807, 2.05) is 31.2 Å². The molecule has 4 rings (SSSR count). The number of esters is 1. The van der Waals surface area contributed by atoms with Crippen molar-refractivity contribution < 1.29 is 22.7 Å². The van der Waals surface area contributed by atoms with Gasteiger partial charge in [-0.3, -0.25) is 0 Å². The molecule has 0 aromatic heterocycles. The van der Waals surface area contributed by atoms with Crippen molar-refractivity contribution in [3.63, 3.8) is 0 Å². The zero-order valence-electron chi connectivity index (χ0n) is 17.7. The van der Waals surface area contributed by atoms with Crippen LogP contribution >= 0.6 is 0 Å². The normalized spacial score (nSPS) is 13.8. The third kappa shape index (κ3) is 4.22. The third-order valence-corrected chi connectivity index (χ3v) is 6.38. The van der Waals surface area contributed by atoms with Gasteiger partial charge in [0.05, 0.1) is 13.7 Å². The number of hydrogen-bond donors (Lipinski definition) is 0. The Kier molecular flexibility index (Phi) is 5.96. The number of fused-ring (bicyclic) bond motifs is 1. The molecule has 0 fully saturated rings. The first-order chi connectivity index (χ1) is 15.4. The van der Waals surface area contributed by atoms with E-state index < -0.39 is 16.0 Å². The molecule has 0 unspecified atom stereocenters. The summed E-state index contributed by atoms with van der Waals surface area (Å²) < 4.78 is 39.9. The average molecular weight is 451 g/mol. The number of ether oxygens (including phenoxy) is 2. The molecule has 8 heteroatoms. The number of anilines is 1. The molecule has 0 aliphatic carbocycles. The Morgan fingerprint density at radius 2 is 1.75 bits per heavy atom. The summed E-state index contributed by atoms with van der Waals surface area (Å²) in [6.07, 6.45) is 0. The third-order valence-electron chi connectivity index (χ3n) is 5.06. The lowest BCUT2D eigenvalue weighted by Crippen LogP contribution is -2.34. The maximum absolute atomic E-state index is 12.6. The lowest BCUT2D eigenvalue weighted by atomic mass is 10.1. The van der Waals surface area contributed by atoms with E-state index in [1.54, 1.807) is 47.4 Å². The predicted molar refractivity (Wildman–Crippen MR) is 122 cm³/mol. The van der Waals surface area contributed by atoms with Crippen LogP contribution in [0.15, 0.2) is 82.1 Å². The predicted octanol–water partition coefficient (Wildman–Crippen LogP) is 3.82. The summed E-state index contributed by atoms with van der Waals surface area (Å²) in [5.41, 5.74) is 2.60. The minimum atomic E-state index is -3.79. The Morgan fingerprint density at radius 1 is 1.00 bits per heavy atom. The van der Waals surface area contributed by atoms with Crippen molar-refractivity contribution in [1.82, 2.24) is 0 Å². The monoisotopic (exact) mass is 450 g/mol. The Morgan fingerprint density at radius 3 is 2.53 bits per heavy atom. The van der Waals surface area contributed by atoms with Crippen molar-refractivity contribution in [3.8, 4) is 5.75 Å². The van der Waals surface area contributed by atoms with Gasteiger partial charge in [-0.1, -0.05) is 36.4 Å². The molecule has 1 heterocycles. The topological polar surface area (TPSA) is 85.3 Å². The van der Waals surface area contributed by atoms with Crippen LogP contribution in [0.2, 0.25) is 0 Å². The molecule has 1 aliphatic heterocycles. The van der Waals surface area contributed by atoms with E-state index in [1.165, 1.54) is 13.2 Å². The fourth-order valence-corrected chi connectivity index (χ4v) is 4.77. The van der Waals surface area contributed by atoms with E-state index in [2.05, 4.69) is 4.40 Å². The van der Waals surface area contributed by atoms with E-state index in [0.29, 0.717) is 22.7 Å². The average Bonchev–Trinajstić information content (AvgIpc) is 3.07. The van der Waals surface area contributed by atoms with Gasteiger partial charge in [0.2, 0.25) is 0 Å². The molecule has 0 bridgehead atoms. The first kappa shape index (κ1) is 21.6. The van der Waals surface area contributed by atoms with Crippen LogP contribution in [0.1, 0.15) is 21.5 Å². The van der Waals surface area contributed by atoms with Gasteiger partial charge < -0.3 is 14.4 Å². The lowest BCUT2D eigenvalue weighted by molar-refractivity contribution is 0.0514. The molecule has 1 aliphatic rings. The molecule has 164 valence electrons. The first-order valence-electron chi connectivity index (χ1n) is 9.99. The number of carbonyl (C=O) groups excluding carboxylic acids is 1. The zero-order valence-corrected chi connectivity index (χ0v) is 18.5. The fraction of sp³-hybridized carbons (Fsp3) is 0.167. The van der Waals surface area contributed by atoms with Crippen LogP contribution in [0.25, 0.3) is 0 Å². The second-order valence-corrected chi connectivity index (χ2v) is 8.79. The maximum atomic E-state index is 12.6. The molecule has 32 heavy (non-hydrogen) atoms. The number of sulfonamides is 1. The molecule has 0 amide bonds. The molecule has 0 spiro atoms. The number of nitrogens with zero attached hydrogens (tertiary/aromatic N) is 2. The number of para-hydroxylation sites is 1. The molecule has 0 saturated heterocycles. The highest BCUT2D eigenvalue weighted by molar-refractivity contribution is 7.90. The van der Waals surface area contributed by atoms with E-state index >= 15 is 0 Å². The Hall–Kier alpha value is -3.65. The van der Waals surface area contributed by atoms with Crippen molar-refractivity contribution in [2.24, 2.45) is 4.40 Å². The summed E-state index contributed by atoms with van der Waals surface area (Å²) in [4.78, 5) is 14.5. The highest BCUT2D eigenvalue weighted by Gasteiger charge is 2.32. The van der Waals surface area contributed by atoms with Crippen LogP contribution in [0.4, 0.5) is 5.69 Å². The summed E-state index contributed by atoms with van der Waals surface area (Å²) in [7, 11) is -2.30. The standard InChI is InChI=1S/C24H22N2O5S/c1-17-8-7-9-18(16-17)26(23-20-11-4-6-13-22(20)32(28,29)25-23)14-15-31-24(27)19-10-3-5-12-21(19)30-2/h3-13,16H,14-15H2,1-2H3. The minimum Gasteiger partial charge on any atom is -0.496 e. The van der Waals surface area contributed by atoms with Crippen LogP contribution in [-0.4, -0.2) is 40.5 Å². The largest absolute Gasteiger partial charge is 0.496 e. The molecule has 3 aromatic carbocycles. The Balaban J connectivity index is 1.62. The van der Waals surface area contributed by atoms with Crippen LogP contribution in [0.5, 0.6) is 5.75 Å². The van der Waals surface area contributed by atoms with Gasteiger partial charge in [0.1, 0.15) is 22.8 Å². The van der Waals surface area contributed by atoms with Crippen LogP contribution in [0, 0.1) is 6.92 Å². The number of rotatable bonds is 6. The molecule has 0 N–H and O–H groups in total. The maximum Gasteiger partial charge on any atom is 0.341 e. The SMILES string of the molecule is COc1ccccc1C(=O)OCCN(C1=NS(=O)(=O)c2ccccc21)c1cccc(C)c1. The molecule has 0 atom stereocenters. The highest BCUT2D eigenvalue weighted by atomic mass is 32.2. The van der Waals surface area contributed by atoms with Crippen molar-refractivity contribution in [1.29, 1.82) is 0 Å². The number of hydrogen-bond acceptors (Lipinski definition) is 6. The number of carbonyl (C=O) groups is 1. The van der Waals surface area contributed by atoms with Gasteiger partial charge in [-0.2, -0.15) is 8.42 Å². The number of methoxy groups -OCH3 is 1. The number of aryl methyl sites for hydroxylation is 1. The quantitative estimate of drug-likeness (QED) is 0.531. The van der Waals surface area contributed by atoms with Gasteiger partial charge in [-0.05, 0) is 48.9 Å². The van der Waals surface area contributed by atoms with E-state index in [-0.39, 0.29) is 18.0 Å². The summed E-state index contributed by atoms with van der Waals surface area (Å²) in [6, 6.07) is 21.1. The van der Waals surface area contributed by atoms with Crippen molar-refractivity contribution in [3.05, 3.63) is 89.5 Å². The second kappa shape index (κ2) is 8.84. The van der Waals surface area contributed by atoms with Crippen molar-refractivity contribution in [2.45, 2.75) is 11.8 Å². The van der Waals surface area contributed by atoms with E-state index in [0.717, 1.165) is 11.3 Å². The zero-order chi connectivity index (χ0) is 22.7. The smallest absolute Gasteiger partial charge is 0.341 e. The molecule has 3 aromatic rings. The van der Waals surface area contributed by atoms with E-state index in [4.69, 9.17) is 9.47 Å². The van der Waals surface area contributed by atoms with Gasteiger partial charge in [0.25, 0.3) is 10.0 Å². The summed E-state index contributed by atoms with van der Waals surface area (Å²) in [6.45, 7) is 2.18.